The van der Waals surface area contributed by atoms with Gasteiger partial charge in [0.05, 0.1) is 12.1 Å². The van der Waals surface area contributed by atoms with Crippen LogP contribution in [0.5, 0.6) is 5.75 Å². The van der Waals surface area contributed by atoms with Crippen LogP contribution in [-0.2, 0) is 6.42 Å². The maximum atomic E-state index is 6.26. The molecular formula is C16H19ClN2O. The molecule has 20 heavy (non-hydrogen) atoms. The van der Waals surface area contributed by atoms with E-state index in [1.807, 2.05) is 24.3 Å². The second-order valence-corrected chi connectivity index (χ2v) is 4.93. The highest BCUT2D eigenvalue weighted by atomic mass is 35.5. The van der Waals surface area contributed by atoms with E-state index in [9.17, 15) is 0 Å². The normalized spacial score (nSPS) is 12.2. The second kappa shape index (κ2) is 7.27. The van der Waals surface area contributed by atoms with E-state index in [-0.39, 0.29) is 6.04 Å². The van der Waals surface area contributed by atoms with Crippen molar-refractivity contribution in [1.29, 1.82) is 0 Å². The molecule has 1 atom stereocenters. The third-order valence-electron chi connectivity index (χ3n) is 3.25. The predicted octanol–water partition coefficient (Wildman–Crippen LogP) is 3.64. The number of nitrogens with zero attached hydrogens (tertiary/aromatic N) is 1. The van der Waals surface area contributed by atoms with Crippen LogP contribution in [0.2, 0.25) is 5.02 Å². The number of hydrogen-bond donors (Lipinski definition) is 1. The number of aromatic nitrogens is 1. The molecule has 3 nitrogen and oxygen atoms in total. The second-order valence-electron chi connectivity index (χ2n) is 4.52. The monoisotopic (exact) mass is 290 g/mol. The molecule has 0 saturated carbocycles. The molecule has 0 aliphatic heterocycles. The minimum absolute atomic E-state index is 0.145. The highest BCUT2D eigenvalue weighted by Gasteiger charge is 2.16. The van der Waals surface area contributed by atoms with E-state index in [0.29, 0.717) is 5.02 Å². The Morgan fingerprint density at radius 2 is 2.10 bits per heavy atom. The van der Waals surface area contributed by atoms with Gasteiger partial charge in [0.15, 0.2) is 0 Å². The lowest BCUT2D eigenvalue weighted by molar-refractivity contribution is 0.405. The number of rotatable bonds is 6. The number of nitrogens with one attached hydrogen (secondary N) is 1. The van der Waals surface area contributed by atoms with Crippen molar-refractivity contribution in [3.8, 4) is 5.75 Å². The first-order valence-corrected chi connectivity index (χ1v) is 7.08. The van der Waals surface area contributed by atoms with Crippen molar-refractivity contribution in [3.05, 3.63) is 58.9 Å². The van der Waals surface area contributed by atoms with Gasteiger partial charge in [-0.3, -0.25) is 4.98 Å². The quantitative estimate of drug-likeness (QED) is 0.882. The summed E-state index contributed by atoms with van der Waals surface area (Å²) < 4.78 is 5.42. The van der Waals surface area contributed by atoms with E-state index in [1.165, 1.54) is 0 Å². The van der Waals surface area contributed by atoms with E-state index in [2.05, 4.69) is 23.3 Å². The Kier molecular flexibility index (Phi) is 5.39. The maximum Gasteiger partial charge on any atom is 0.122 e. The topological polar surface area (TPSA) is 34.1 Å². The number of benzene rings is 1. The fraction of sp³-hybridized carbons (Fsp3) is 0.312. The van der Waals surface area contributed by atoms with Crippen molar-refractivity contribution in [1.82, 2.24) is 10.3 Å². The van der Waals surface area contributed by atoms with Crippen molar-refractivity contribution in [2.45, 2.75) is 19.4 Å². The summed E-state index contributed by atoms with van der Waals surface area (Å²) in [5.41, 5.74) is 2.23. The Balaban J connectivity index is 2.28. The van der Waals surface area contributed by atoms with Gasteiger partial charge in [0.1, 0.15) is 5.75 Å². The van der Waals surface area contributed by atoms with Crippen LogP contribution in [0.1, 0.15) is 24.1 Å². The van der Waals surface area contributed by atoms with E-state index in [4.69, 9.17) is 16.3 Å². The molecule has 1 aromatic carbocycles. The Bertz CT molecular complexity index is 560. The molecule has 0 fully saturated rings. The number of para-hydroxylation sites is 1. The van der Waals surface area contributed by atoms with Crippen LogP contribution in [0, 0.1) is 0 Å². The van der Waals surface area contributed by atoms with Crippen LogP contribution in [0.15, 0.2) is 42.7 Å². The summed E-state index contributed by atoms with van der Waals surface area (Å²) in [5.74, 6) is 0.903. The zero-order valence-electron chi connectivity index (χ0n) is 11.8. The minimum atomic E-state index is 0.145. The van der Waals surface area contributed by atoms with E-state index in [1.54, 1.807) is 19.5 Å². The van der Waals surface area contributed by atoms with Crippen LogP contribution in [-0.4, -0.2) is 18.6 Å². The zero-order valence-corrected chi connectivity index (χ0v) is 12.5. The third-order valence-corrected chi connectivity index (χ3v) is 3.56. The number of halogens is 1. The predicted molar refractivity (Wildman–Crippen MR) is 82.4 cm³/mol. The van der Waals surface area contributed by atoms with Crippen molar-refractivity contribution in [3.63, 3.8) is 0 Å². The number of pyridine rings is 1. The number of methoxy groups -OCH3 is 1. The van der Waals surface area contributed by atoms with Crippen LogP contribution in [0.25, 0.3) is 0 Å². The van der Waals surface area contributed by atoms with Crippen LogP contribution in [0.3, 0.4) is 0 Å². The fourth-order valence-electron chi connectivity index (χ4n) is 2.30. The summed E-state index contributed by atoms with van der Waals surface area (Å²) in [7, 11) is 1.69. The van der Waals surface area contributed by atoms with Gasteiger partial charge in [-0.15, -0.1) is 0 Å². The smallest absolute Gasteiger partial charge is 0.122 e. The molecule has 106 valence electrons. The van der Waals surface area contributed by atoms with E-state index < -0.39 is 0 Å². The standard InChI is InChI=1S/C16H19ClN2O/c1-3-19-15(13-8-9-18-11-14(13)17)10-12-6-4-5-7-16(12)20-2/h4-9,11,15,19H,3,10H2,1-2H3. The first-order chi connectivity index (χ1) is 9.76. The molecule has 1 N–H and O–H groups in total. The number of hydrogen-bond acceptors (Lipinski definition) is 3. The molecule has 0 bridgehead atoms. The van der Waals surface area contributed by atoms with Gasteiger partial charge in [0.25, 0.3) is 0 Å². The molecule has 4 heteroatoms. The van der Waals surface area contributed by atoms with Crippen LogP contribution < -0.4 is 10.1 Å². The Morgan fingerprint density at radius 3 is 2.80 bits per heavy atom. The fourth-order valence-corrected chi connectivity index (χ4v) is 2.55. The average molecular weight is 291 g/mol. The van der Waals surface area contributed by atoms with Crippen molar-refractivity contribution in [2.24, 2.45) is 0 Å². The molecule has 1 unspecified atom stereocenters. The molecule has 1 aromatic heterocycles. The maximum absolute atomic E-state index is 6.26. The molecule has 0 aliphatic rings. The first-order valence-electron chi connectivity index (χ1n) is 6.71. The van der Waals surface area contributed by atoms with Gasteiger partial charge in [-0.2, -0.15) is 0 Å². The summed E-state index contributed by atoms with van der Waals surface area (Å²) in [4.78, 5) is 4.04. The third kappa shape index (κ3) is 3.50. The lowest BCUT2D eigenvalue weighted by Gasteiger charge is -2.20. The first kappa shape index (κ1) is 14.8. The van der Waals surface area contributed by atoms with Crippen molar-refractivity contribution in [2.75, 3.05) is 13.7 Å². The van der Waals surface area contributed by atoms with Gasteiger partial charge in [0.2, 0.25) is 0 Å². The lowest BCUT2D eigenvalue weighted by Crippen LogP contribution is -2.23. The SMILES string of the molecule is CCNC(Cc1ccccc1OC)c1ccncc1Cl. The molecule has 0 amide bonds. The van der Waals surface area contributed by atoms with Crippen molar-refractivity contribution < 1.29 is 4.74 Å². The molecule has 1 heterocycles. The average Bonchev–Trinajstić information content (AvgIpc) is 2.48. The highest BCUT2D eigenvalue weighted by molar-refractivity contribution is 6.31. The molecule has 0 saturated heterocycles. The van der Waals surface area contributed by atoms with Gasteiger partial charge >= 0.3 is 0 Å². The number of likely N-dealkylation sites (N-methyl/N-ethyl adjacent to an activating group) is 1. The summed E-state index contributed by atoms with van der Waals surface area (Å²) in [6.45, 7) is 2.96. The van der Waals surface area contributed by atoms with Crippen molar-refractivity contribution >= 4 is 11.6 Å². The van der Waals surface area contributed by atoms with Crippen LogP contribution in [0.4, 0.5) is 0 Å². The molecule has 0 radical (unpaired) electrons. The molecule has 2 rings (SSSR count). The van der Waals surface area contributed by atoms with Gasteiger partial charge < -0.3 is 10.1 Å². The highest BCUT2D eigenvalue weighted by Crippen LogP contribution is 2.28. The van der Waals surface area contributed by atoms with Gasteiger partial charge in [-0.05, 0) is 36.2 Å². The molecule has 0 aliphatic carbocycles. The minimum Gasteiger partial charge on any atom is -0.496 e. The van der Waals surface area contributed by atoms with E-state index in [0.717, 1.165) is 29.8 Å². The summed E-state index contributed by atoms with van der Waals surface area (Å²) in [5, 5.41) is 4.16. The molecule has 0 spiro atoms. The van der Waals surface area contributed by atoms with Gasteiger partial charge in [0, 0.05) is 18.4 Å². The van der Waals surface area contributed by atoms with Crippen LogP contribution >= 0.6 is 11.6 Å². The van der Waals surface area contributed by atoms with Gasteiger partial charge in [-0.25, -0.2) is 0 Å². The van der Waals surface area contributed by atoms with Gasteiger partial charge in [-0.1, -0.05) is 36.7 Å². The summed E-state index contributed by atoms with van der Waals surface area (Å²) in [6, 6.07) is 10.2. The Morgan fingerprint density at radius 1 is 1.30 bits per heavy atom. The van der Waals surface area contributed by atoms with E-state index >= 15 is 0 Å². The zero-order chi connectivity index (χ0) is 14.4. The number of ether oxygens (including phenoxy) is 1. The molecule has 2 aromatic rings. The Hall–Kier alpha value is -1.58. The molecular weight excluding hydrogens is 272 g/mol. The Labute approximate surface area is 124 Å². The summed E-state index contributed by atoms with van der Waals surface area (Å²) >= 11 is 6.26. The summed E-state index contributed by atoms with van der Waals surface area (Å²) in [6.07, 6.45) is 4.28. The largest absolute Gasteiger partial charge is 0.496 e. The lowest BCUT2D eigenvalue weighted by atomic mass is 9.99.